The summed E-state index contributed by atoms with van der Waals surface area (Å²) >= 11 is 0. The van der Waals surface area contributed by atoms with Gasteiger partial charge in [-0.2, -0.15) is 5.10 Å². The quantitative estimate of drug-likeness (QED) is 0.876. The van der Waals surface area contributed by atoms with Crippen LogP contribution in [0, 0.1) is 5.92 Å². The van der Waals surface area contributed by atoms with Gasteiger partial charge in [0.05, 0.1) is 18.4 Å². The van der Waals surface area contributed by atoms with E-state index in [1.165, 1.54) is 18.4 Å². The maximum atomic E-state index is 4.42. The molecule has 0 spiro atoms. The monoisotopic (exact) mass is 270 g/mol. The molecule has 2 aromatic rings. The van der Waals surface area contributed by atoms with E-state index in [1.54, 1.807) is 0 Å². The number of rotatable bonds is 5. The van der Waals surface area contributed by atoms with Gasteiger partial charge in [0.15, 0.2) is 0 Å². The van der Waals surface area contributed by atoms with Crippen LogP contribution in [0.3, 0.4) is 0 Å². The van der Waals surface area contributed by atoms with Gasteiger partial charge in [-0.25, -0.2) is 0 Å². The number of nitrogens with zero attached hydrogens (tertiary/aromatic N) is 2. The van der Waals surface area contributed by atoms with E-state index < -0.39 is 0 Å². The summed E-state index contributed by atoms with van der Waals surface area (Å²) in [6.07, 6.45) is 6.55. The van der Waals surface area contributed by atoms with Crippen molar-refractivity contribution in [3.63, 3.8) is 0 Å². The first-order valence-corrected chi connectivity index (χ1v) is 7.41. The minimum absolute atomic E-state index is 0.786. The van der Waals surface area contributed by atoms with E-state index in [9.17, 15) is 0 Å². The Hall–Kier alpha value is -1.81. The Morgan fingerprint density at radius 3 is 2.80 bits per heavy atom. The first-order chi connectivity index (χ1) is 9.90. The van der Waals surface area contributed by atoms with Gasteiger partial charge in [0.1, 0.15) is 0 Å². The number of nitrogens with one attached hydrogen (secondary N) is 2. The van der Waals surface area contributed by atoms with E-state index in [-0.39, 0.29) is 0 Å². The van der Waals surface area contributed by atoms with Crippen LogP contribution in [0.15, 0.2) is 42.7 Å². The summed E-state index contributed by atoms with van der Waals surface area (Å²) < 4.78 is 1.99. The lowest BCUT2D eigenvalue weighted by molar-refractivity contribution is 0.390. The Bertz CT molecular complexity index is 514. The fourth-order valence-corrected chi connectivity index (χ4v) is 2.66. The van der Waals surface area contributed by atoms with Gasteiger partial charge in [-0.1, -0.05) is 30.3 Å². The molecule has 1 aliphatic heterocycles. The van der Waals surface area contributed by atoms with Crippen molar-refractivity contribution in [1.29, 1.82) is 0 Å². The zero-order valence-corrected chi connectivity index (χ0v) is 11.8. The highest BCUT2D eigenvalue weighted by molar-refractivity contribution is 5.38. The van der Waals surface area contributed by atoms with Gasteiger partial charge in [0, 0.05) is 12.7 Å². The first kappa shape index (κ1) is 13.2. The van der Waals surface area contributed by atoms with Gasteiger partial charge in [-0.15, -0.1) is 0 Å². The van der Waals surface area contributed by atoms with Crippen molar-refractivity contribution < 1.29 is 0 Å². The summed E-state index contributed by atoms with van der Waals surface area (Å²) in [6.45, 7) is 4.19. The van der Waals surface area contributed by atoms with E-state index in [2.05, 4.69) is 46.2 Å². The lowest BCUT2D eigenvalue weighted by Gasteiger charge is -2.22. The first-order valence-electron chi connectivity index (χ1n) is 7.41. The third-order valence-corrected chi connectivity index (χ3v) is 3.87. The average Bonchev–Trinajstić information content (AvgIpc) is 2.95. The summed E-state index contributed by atoms with van der Waals surface area (Å²) in [6, 6.07) is 10.4. The highest BCUT2D eigenvalue weighted by atomic mass is 15.3. The zero-order valence-electron chi connectivity index (χ0n) is 11.8. The molecule has 0 saturated carbocycles. The topological polar surface area (TPSA) is 41.9 Å². The number of anilines is 1. The molecule has 106 valence electrons. The summed E-state index contributed by atoms with van der Waals surface area (Å²) in [7, 11) is 0. The lowest BCUT2D eigenvalue weighted by atomic mass is 9.98. The van der Waals surface area contributed by atoms with Crippen molar-refractivity contribution in [2.75, 3.05) is 25.0 Å². The summed E-state index contributed by atoms with van der Waals surface area (Å²) in [5.74, 6) is 0.786. The molecule has 0 amide bonds. The Morgan fingerprint density at radius 2 is 2.00 bits per heavy atom. The van der Waals surface area contributed by atoms with Crippen LogP contribution >= 0.6 is 0 Å². The molecule has 2 N–H and O–H groups in total. The van der Waals surface area contributed by atoms with E-state index >= 15 is 0 Å². The SMILES string of the molecule is c1ccc(Cn2cc(NCC3CCNCC3)cn2)cc1. The van der Waals surface area contributed by atoms with Crippen LogP contribution < -0.4 is 10.6 Å². The molecule has 0 bridgehead atoms. The molecule has 2 heterocycles. The second-order valence-corrected chi connectivity index (χ2v) is 5.49. The van der Waals surface area contributed by atoms with Crippen LogP contribution in [0.2, 0.25) is 0 Å². The van der Waals surface area contributed by atoms with Gasteiger partial charge >= 0.3 is 0 Å². The molecule has 0 aliphatic carbocycles. The molecule has 1 aromatic heterocycles. The average molecular weight is 270 g/mol. The smallest absolute Gasteiger partial charge is 0.0726 e. The van der Waals surface area contributed by atoms with Gasteiger partial charge in [-0.3, -0.25) is 4.68 Å². The fourth-order valence-electron chi connectivity index (χ4n) is 2.66. The van der Waals surface area contributed by atoms with E-state index in [1.807, 2.05) is 16.9 Å². The molecule has 0 unspecified atom stereocenters. The fraction of sp³-hybridized carbons (Fsp3) is 0.438. The van der Waals surface area contributed by atoms with Crippen LogP contribution in [0.25, 0.3) is 0 Å². The molecular weight excluding hydrogens is 248 g/mol. The van der Waals surface area contributed by atoms with Crippen molar-refractivity contribution >= 4 is 5.69 Å². The van der Waals surface area contributed by atoms with Gasteiger partial charge < -0.3 is 10.6 Å². The maximum absolute atomic E-state index is 4.42. The number of aromatic nitrogens is 2. The molecule has 1 aromatic carbocycles. The highest BCUT2D eigenvalue weighted by Crippen LogP contribution is 2.14. The van der Waals surface area contributed by atoms with E-state index in [0.717, 1.165) is 37.8 Å². The maximum Gasteiger partial charge on any atom is 0.0726 e. The zero-order chi connectivity index (χ0) is 13.6. The molecular formula is C16H22N4. The number of hydrogen-bond acceptors (Lipinski definition) is 3. The molecule has 1 saturated heterocycles. The Kier molecular flexibility index (Phi) is 4.33. The minimum atomic E-state index is 0.786. The van der Waals surface area contributed by atoms with E-state index in [4.69, 9.17) is 0 Å². The van der Waals surface area contributed by atoms with Crippen LogP contribution in [0.5, 0.6) is 0 Å². The third-order valence-electron chi connectivity index (χ3n) is 3.87. The lowest BCUT2D eigenvalue weighted by Crippen LogP contribution is -2.31. The molecule has 1 fully saturated rings. The molecule has 0 radical (unpaired) electrons. The molecule has 0 atom stereocenters. The molecule has 4 nitrogen and oxygen atoms in total. The second kappa shape index (κ2) is 6.57. The van der Waals surface area contributed by atoms with Crippen LogP contribution in [0.4, 0.5) is 5.69 Å². The van der Waals surface area contributed by atoms with Gasteiger partial charge in [0.25, 0.3) is 0 Å². The normalized spacial score (nSPS) is 16.2. The third kappa shape index (κ3) is 3.61. The molecule has 3 rings (SSSR count). The summed E-state index contributed by atoms with van der Waals surface area (Å²) in [5.41, 5.74) is 2.40. The number of hydrogen-bond donors (Lipinski definition) is 2. The summed E-state index contributed by atoms with van der Waals surface area (Å²) in [4.78, 5) is 0. The van der Waals surface area contributed by atoms with Crippen LogP contribution in [0.1, 0.15) is 18.4 Å². The van der Waals surface area contributed by atoms with Crippen LogP contribution in [-0.4, -0.2) is 29.4 Å². The second-order valence-electron chi connectivity index (χ2n) is 5.49. The highest BCUT2D eigenvalue weighted by Gasteiger charge is 2.12. The van der Waals surface area contributed by atoms with Crippen molar-refractivity contribution in [2.45, 2.75) is 19.4 Å². The van der Waals surface area contributed by atoms with Crippen molar-refractivity contribution in [2.24, 2.45) is 5.92 Å². The Labute approximate surface area is 120 Å². The Balaban J connectivity index is 1.51. The molecule has 20 heavy (non-hydrogen) atoms. The largest absolute Gasteiger partial charge is 0.382 e. The Morgan fingerprint density at radius 1 is 1.20 bits per heavy atom. The summed E-state index contributed by atoms with van der Waals surface area (Å²) in [5, 5.41) is 11.3. The van der Waals surface area contributed by atoms with Crippen molar-refractivity contribution in [3.8, 4) is 0 Å². The van der Waals surface area contributed by atoms with Crippen LogP contribution in [-0.2, 0) is 6.54 Å². The predicted octanol–water partition coefficient (Wildman–Crippen LogP) is 2.34. The minimum Gasteiger partial charge on any atom is -0.382 e. The predicted molar refractivity (Wildman–Crippen MR) is 81.9 cm³/mol. The van der Waals surface area contributed by atoms with E-state index in [0.29, 0.717) is 0 Å². The number of benzene rings is 1. The molecule has 4 heteroatoms. The molecule has 1 aliphatic rings. The number of piperidine rings is 1. The van der Waals surface area contributed by atoms with Gasteiger partial charge in [-0.05, 0) is 37.4 Å². The van der Waals surface area contributed by atoms with Crippen molar-refractivity contribution in [1.82, 2.24) is 15.1 Å². The standard InChI is InChI=1S/C16H22N4/c1-2-4-15(5-3-1)12-20-13-16(11-19-20)18-10-14-6-8-17-9-7-14/h1-5,11,13-14,17-18H,6-10,12H2. The van der Waals surface area contributed by atoms with Gasteiger partial charge in [0.2, 0.25) is 0 Å². The van der Waals surface area contributed by atoms with Crippen molar-refractivity contribution in [3.05, 3.63) is 48.3 Å².